The average molecular weight is 524 g/mol. The van der Waals surface area contributed by atoms with Gasteiger partial charge in [0.2, 0.25) is 0 Å². The molecule has 0 radical (unpaired) electrons. The summed E-state index contributed by atoms with van der Waals surface area (Å²) < 4.78 is 2.08. The lowest BCUT2D eigenvalue weighted by molar-refractivity contribution is 1.19. The number of hydrogen-bond donors (Lipinski definition) is 0. The third-order valence-corrected chi connectivity index (χ3v) is 7.83. The first-order chi connectivity index (χ1) is 20.3. The Balaban J connectivity index is 1.23. The molecule has 192 valence electrons. The summed E-state index contributed by atoms with van der Waals surface area (Å²) in [6.07, 6.45) is 4.17. The van der Waals surface area contributed by atoms with Crippen molar-refractivity contribution in [2.45, 2.75) is 0 Å². The van der Waals surface area contributed by atoms with E-state index in [1.165, 1.54) is 21.9 Å². The van der Waals surface area contributed by atoms with Gasteiger partial charge in [0.05, 0.1) is 16.9 Å². The molecule has 3 heterocycles. The van der Waals surface area contributed by atoms with Crippen molar-refractivity contribution in [3.05, 3.63) is 152 Å². The predicted molar refractivity (Wildman–Crippen MR) is 170 cm³/mol. The van der Waals surface area contributed by atoms with Gasteiger partial charge >= 0.3 is 0 Å². The maximum absolute atomic E-state index is 5.17. The molecule has 0 N–H and O–H groups in total. The number of para-hydroxylation sites is 1. The summed E-state index contributed by atoms with van der Waals surface area (Å²) in [6, 6.07) is 49.0. The maximum Gasteiger partial charge on any atom is 0.138 e. The standard InChI is InChI=1S/C38H25N3/c1-3-10-27(11-4-1)31-15-9-16-33-37(31)32-14-7-8-17-34(32)40-38(33)29-20-18-26(19-21-29)30-22-23-41-25-35(39-36(41)24-30)28-12-5-2-6-13-28/h1-25H. The minimum absolute atomic E-state index is 0.932. The lowest BCUT2D eigenvalue weighted by Gasteiger charge is -2.14. The number of imidazole rings is 1. The molecular weight excluding hydrogens is 498 g/mol. The number of pyridine rings is 2. The number of hydrogen-bond acceptors (Lipinski definition) is 2. The zero-order valence-corrected chi connectivity index (χ0v) is 22.3. The summed E-state index contributed by atoms with van der Waals surface area (Å²) in [5, 5.41) is 3.57. The van der Waals surface area contributed by atoms with Crippen molar-refractivity contribution >= 4 is 27.3 Å². The summed E-state index contributed by atoms with van der Waals surface area (Å²) in [4.78, 5) is 10.1. The summed E-state index contributed by atoms with van der Waals surface area (Å²) >= 11 is 0. The molecule has 3 aromatic heterocycles. The zero-order chi connectivity index (χ0) is 27.2. The molecular formula is C38H25N3. The third kappa shape index (κ3) is 4.07. The average Bonchev–Trinajstić information content (AvgIpc) is 3.49. The van der Waals surface area contributed by atoms with Gasteiger partial charge < -0.3 is 4.40 Å². The van der Waals surface area contributed by atoms with E-state index in [0.717, 1.165) is 50.2 Å². The van der Waals surface area contributed by atoms with Crippen LogP contribution < -0.4 is 0 Å². The highest BCUT2D eigenvalue weighted by atomic mass is 15.0. The summed E-state index contributed by atoms with van der Waals surface area (Å²) in [5.74, 6) is 0. The fraction of sp³-hybridized carbons (Fsp3) is 0. The van der Waals surface area contributed by atoms with E-state index in [1.807, 2.05) is 18.2 Å². The minimum atomic E-state index is 0.932. The van der Waals surface area contributed by atoms with Crippen LogP contribution in [0.3, 0.4) is 0 Å². The van der Waals surface area contributed by atoms with E-state index in [9.17, 15) is 0 Å². The van der Waals surface area contributed by atoms with Gasteiger partial charge in [0.15, 0.2) is 0 Å². The highest BCUT2D eigenvalue weighted by Gasteiger charge is 2.14. The van der Waals surface area contributed by atoms with Crippen molar-refractivity contribution in [1.29, 1.82) is 0 Å². The molecule has 0 bridgehead atoms. The first-order valence-electron chi connectivity index (χ1n) is 13.8. The quantitative estimate of drug-likeness (QED) is 0.215. The number of nitrogens with zero attached hydrogens (tertiary/aromatic N) is 3. The third-order valence-electron chi connectivity index (χ3n) is 7.83. The van der Waals surface area contributed by atoms with Gasteiger partial charge in [-0.2, -0.15) is 0 Å². The molecule has 8 rings (SSSR count). The SMILES string of the molecule is c1ccc(-c2cn3ccc(-c4ccc(-c5nc6ccccc6c6c(-c7ccccc7)cccc56)cc4)cc3n2)cc1. The molecule has 0 aliphatic heterocycles. The molecule has 0 spiro atoms. The van der Waals surface area contributed by atoms with E-state index in [1.54, 1.807) is 0 Å². The van der Waals surface area contributed by atoms with E-state index in [-0.39, 0.29) is 0 Å². The van der Waals surface area contributed by atoms with Crippen LogP contribution in [0.15, 0.2) is 152 Å². The van der Waals surface area contributed by atoms with Crippen molar-refractivity contribution < 1.29 is 0 Å². The molecule has 5 aromatic carbocycles. The summed E-state index contributed by atoms with van der Waals surface area (Å²) in [7, 11) is 0. The minimum Gasteiger partial charge on any atom is -0.306 e. The van der Waals surface area contributed by atoms with E-state index in [4.69, 9.17) is 9.97 Å². The van der Waals surface area contributed by atoms with Crippen molar-refractivity contribution in [3.8, 4) is 44.8 Å². The molecule has 3 heteroatoms. The highest BCUT2D eigenvalue weighted by molar-refractivity contribution is 6.17. The number of rotatable bonds is 4. The van der Waals surface area contributed by atoms with Gasteiger partial charge in [0, 0.05) is 39.7 Å². The maximum atomic E-state index is 5.17. The van der Waals surface area contributed by atoms with Gasteiger partial charge in [-0.3, -0.25) is 0 Å². The lowest BCUT2D eigenvalue weighted by Crippen LogP contribution is -1.92. The lowest BCUT2D eigenvalue weighted by atomic mass is 9.92. The molecule has 0 atom stereocenters. The number of fused-ring (bicyclic) bond motifs is 4. The van der Waals surface area contributed by atoms with Gasteiger partial charge in [0.25, 0.3) is 0 Å². The fourth-order valence-electron chi connectivity index (χ4n) is 5.81. The molecule has 0 fully saturated rings. The van der Waals surface area contributed by atoms with Crippen molar-refractivity contribution in [3.63, 3.8) is 0 Å². The monoisotopic (exact) mass is 523 g/mol. The van der Waals surface area contributed by atoms with Gasteiger partial charge in [-0.25, -0.2) is 9.97 Å². The second kappa shape index (κ2) is 9.58. The largest absolute Gasteiger partial charge is 0.306 e. The Kier molecular flexibility index (Phi) is 5.46. The Hall–Kier alpha value is -5.54. The Morgan fingerprint density at radius 1 is 0.463 bits per heavy atom. The van der Waals surface area contributed by atoms with E-state index in [2.05, 4.69) is 138 Å². The highest BCUT2D eigenvalue weighted by Crippen LogP contribution is 2.38. The van der Waals surface area contributed by atoms with E-state index in [0.29, 0.717) is 0 Å². The first kappa shape index (κ1) is 23.4. The zero-order valence-electron chi connectivity index (χ0n) is 22.3. The summed E-state index contributed by atoms with van der Waals surface area (Å²) in [5.41, 5.74) is 10.8. The second-order valence-corrected chi connectivity index (χ2v) is 10.3. The Morgan fingerprint density at radius 2 is 1.15 bits per heavy atom. The molecule has 0 unspecified atom stereocenters. The predicted octanol–water partition coefficient (Wildman–Crippen LogP) is 9.70. The first-order valence-corrected chi connectivity index (χ1v) is 13.8. The van der Waals surface area contributed by atoms with Crippen LogP contribution >= 0.6 is 0 Å². The van der Waals surface area contributed by atoms with Crippen molar-refractivity contribution in [1.82, 2.24) is 14.4 Å². The van der Waals surface area contributed by atoms with E-state index < -0.39 is 0 Å². The van der Waals surface area contributed by atoms with Gasteiger partial charge in [0.1, 0.15) is 5.65 Å². The van der Waals surface area contributed by atoms with Crippen LogP contribution in [0.2, 0.25) is 0 Å². The topological polar surface area (TPSA) is 30.2 Å². The van der Waals surface area contributed by atoms with Gasteiger partial charge in [-0.15, -0.1) is 0 Å². The second-order valence-electron chi connectivity index (χ2n) is 10.3. The van der Waals surface area contributed by atoms with Crippen LogP contribution in [0.25, 0.3) is 72.1 Å². The Morgan fingerprint density at radius 3 is 1.95 bits per heavy atom. The molecule has 3 nitrogen and oxygen atoms in total. The molecule has 0 amide bonds. The molecule has 8 aromatic rings. The normalized spacial score (nSPS) is 11.4. The molecule has 41 heavy (non-hydrogen) atoms. The van der Waals surface area contributed by atoms with Crippen LogP contribution in [0.5, 0.6) is 0 Å². The van der Waals surface area contributed by atoms with Crippen LogP contribution in [0.1, 0.15) is 0 Å². The van der Waals surface area contributed by atoms with Crippen LogP contribution in [0.4, 0.5) is 0 Å². The Labute approximate surface area is 238 Å². The smallest absolute Gasteiger partial charge is 0.138 e. The van der Waals surface area contributed by atoms with Crippen molar-refractivity contribution in [2.75, 3.05) is 0 Å². The van der Waals surface area contributed by atoms with Crippen molar-refractivity contribution in [2.24, 2.45) is 0 Å². The van der Waals surface area contributed by atoms with Crippen LogP contribution in [-0.2, 0) is 0 Å². The number of benzene rings is 5. The van der Waals surface area contributed by atoms with Gasteiger partial charge in [-0.05, 0) is 40.5 Å². The van der Waals surface area contributed by atoms with Crippen LogP contribution in [0, 0.1) is 0 Å². The van der Waals surface area contributed by atoms with Crippen LogP contribution in [-0.4, -0.2) is 14.4 Å². The molecule has 0 saturated carbocycles. The number of aromatic nitrogens is 3. The molecule has 0 aliphatic carbocycles. The Bertz CT molecular complexity index is 2180. The van der Waals surface area contributed by atoms with Gasteiger partial charge in [-0.1, -0.05) is 121 Å². The van der Waals surface area contributed by atoms with E-state index >= 15 is 0 Å². The molecule has 0 aliphatic rings. The molecule has 0 saturated heterocycles. The fourth-order valence-corrected chi connectivity index (χ4v) is 5.81. The summed E-state index contributed by atoms with van der Waals surface area (Å²) in [6.45, 7) is 0.